The van der Waals surface area contributed by atoms with Crippen molar-refractivity contribution in [2.24, 2.45) is 0 Å². The van der Waals surface area contributed by atoms with Gasteiger partial charge >= 0.3 is 0 Å². The topological polar surface area (TPSA) is 67.1 Å². The molecule has 0 spiro atoms. The Labute approximate surface area is 86.3 Å². The van der Waals surface area contributed by atoms with Gasteiger partial charge in [0.2, 0.25) is 0 Å². The minimum Gasteiger partial charge on any atom is -0.425 e. The van der Waals surface area contributed by atoms with Gasteiger partial charge in [0.15, 0.2) is 17.7 Å². The van der Waals surface area contributed by atoms with Crippen molar-refractivity contribution >= 4 is 17.0 Å². The lowest BCUT2D eigenvalue weighted by atomic mass is 10.3. The zero-order valence-corrected chi connectivity index (χ0v) is 8.18. The van der Waals surface area contributed by atoms with E-state index in [9.17, 15) is 0 Å². The van der Waals surface area contributed by atoms with Crippen LogP contribution < -0.4 is 10.2 Å². The third-order valence-corrected chi connectivity index (χ3v) is 2.53. The highest BCUT2D eigenvalue weighted by Gasteiger charge is 2.16. The minimum absolute atomic E-state index is 0.554. The number of hydrogen-bond acceptors (Lipinski definition) is 6. The van der Waals surface area contributed by atoms with Gasteiger partial charge in [0, 0.05) is 26.2 Å². The maximum atomic E-state index is 5.14. The average Bonchev–Trinajstić information content (AvgIpc) is 2.78. The zero-order valence-electron chi connectivity index (χ0n) is 8.18. The summed E-state index contributed by atoms with van der Waals surface area (Å²) in [6.45, 7) is 3.84. The fourth-order valence-corrected chi connectivity index (χ4v) is 1.79. The molecule has 0 atom stereocenters. The van der Waals surface area contributed by atoms with E-state index in [0.717, 1.165) is 37.5 Å². The lowest BCUT2D eigenvalue weighted by Crippen LogP contribution is -2.44. The van der Waals surface area contributed by atoms with Crippen molar-refractivity contribution in [2.75, 3.05) is 31.1 Å². The molecule has 2 aromatic rings. The van der Waals surface area contributed by atoms with Crippen molar-refractivity contribution < 1.29 is 4.42 Å². The van der Waals surface area contributed by atoms with E-state index in [4.69, 9.17) is 4.42 Å². The van der Waals surface area contributed by atoms with Gasteiger partial charge in [-0.05, 0) is 0 Å². The molecule has 0 unspecified atom stereocenters. The van der Waals surface area contributed by atoms with Crippen LogP contribution in [0.4, 0.5) is 5.82 Å². The minimum atomic E-state index is 0.554. The number of nitrogens with one attached hydrogen (secondary N) is 1. The van der Waals surface area contributed by atoms with E-state index in [0.29, 0.717) is 5.71 Å². The summed E-state index contributed by atoms with van der Waals surface area (Å²) in [5, 5.41) is 3.30. The van der Waals surface area contributed by atoms with Gasteiger partial charge in [0.1, 0.15) is 6.33 Å². The van der Waals surface area contributed by atoms with Crippen LogP contribution in [0.25, 0.3) is 11.2 Å². The number of hydrogen-bond donors (Lipinski definition) is 1. The first kappa shape index (κ1) is 8.60. The molecule has 2 aromatic heterocycles. The van der Waals surface area contributed by atoms with Gasteiger partial charge in [-0.2, -0.15) is 4.98 Å². The number of anilines is 1. The smallest absolute Gasteiger partial charge is 0.252 e. The van der Waals surface area contributed by atoms with E-state index in [1.54, 1.807) is 0 Å². The number of fused-ring (bicyclic) bond motifs is 1. The third-order valence-electron chi connectivity index (χ3n) is 2.53. The van der Waals surface area contributed by atoms with Crippen molar-refractivity contribution in [3.05, 3.63) is 12.7 Å². The molecule has 78 valence electrons. The van der Waals surface area contributed by atoms with Gasteiger partial charge in [-0.1, -0.05) is 0 Å². The Morgan fingerprint density at radius 3 is 2.93 bits per heavy atom. The van der Waals surface area contributed by atoms with E-state index in [1.807, 2.05) is 0 Å². The van der Waals surface area contributed by atoms with Crippen molar-refractivity contribution in [3.63, 3.8) is 0 Å². The number of oxazole rings is 1. The Bertz CT molecular complexity index is 462. The number of aromatic nitrogens is 3. The van der Waals surface area contributed by atoms with Crippen LogP contribution in [0.2, 0.25) is 0 Å². The second kappa shape index (κ2) is 3.47. The highest BCUT2D eigenvalue weighted by atomic mass is 16.3. The molecule has 3 rings (SSSR count). The molecule has 1 saturated heterocycles. The van der Waals surface area contributed by atoms with Gasteiger partial charge in [-0.3, -0.25) is 0 Å². The first-order valence-electron chi connectivity index (χ1n) is 4.95. The standard InChI is InChI=1S/C9H11N5O/c1-3-14(4-2-10-1)8-7-9(12-5-11-8)15-6-13-7/h5-6,10H,1-4H2. The molecule has 1 fully saturated rings. The maximum absolute atomic E-state index is 5.14. The maximum Gasteiger partial charge on any atom is 0.252 e. The molecule has 1 aliphatic rings. The second-order valence-electron chi connectivity index (χ2n) is 3.44. The Balaban J connectivity index is 2.05. The number of piperazine rings is 1. The first-order chi connectivity index (χ1) is 7.45. The molecule has 0 radical (unpaired) electrons. The highest BCUT2D eigenvalue weighted by molar-refractivity contribution is 5.81. The molecular weight excluding hydrogens is 194 g/mol. The first-order valence-corrected chi connectivity index (χ1v) is 4.95. The zero-order chi connectivity index (χ0) is 10.1. The van der Waals surface area contributed by atoms with Crippen LogP contribution in [0.5, 0.6) is 0 Å². The summed E-state index contributed by atoms with van der Waals surface area (Å²) in [6, 6.07) is 0. The van der Waals surface area contributed by atoms with Crippen LogP contribution in [0.15, 0.2) is 17.1 Å². The predicted octanol–water partition coefficient (Wildman–Crippen LogP) is 0.0274. The van der Waals surface area contributed by atoms with Gasteiger partial charge in [0.05, 0.1) is 0 Å². The van der Waals surface area contributed by atoms with E-state index >= 15 is 0 Å². The molecule has 6 nitrogen and oxygen atoms in total. The van der Waals surface area contributed by atoms with Crippen LogP contribution in [0, 0.1) is 0 Å². The molecule has 1 aliphatic heterocycles. The quantitative estimate of drug-likeness (QED) is 0.708. The molecule has 0 amide bonds. The molecule has 1 N–H and O–H groups in total. The van der Waals surface area contributed by atoms with Gasteiger partial charge in [-0.15, -0.1) is 0 Å². The average molecular weight is 205 g/mol. The van der Waals surface area contributed by atoms with Crippen molar-refractivity contribution in [3.8, 4) is 0 Å². The lowest BCUT2D eigenvalue weighted by Gasteiger charge is -2.27. The van der Waals surface area contributed by atoms with Crippen LogP contribution in [0.1, 0.15) is 0 Å². The Kier molecular flexibility index (Phi) is 1.99. The van der Waals surface area contributed by atoms with Crippen LogP contribution in [-0.2, 0) is 0 Å². The summed E-state index contributed by atoms with van der Waals surface area (Å²) in [4.78, 5) is 14.6. The van der Waals surface area contributed by atoms with Gasteiger partial charge < -0.3 is 14.6 Å². The Hall–Kier alpha value is -1.69. The normalized spacial score (nSPS) is 17.2. The Morgan fingerprint density at radius 2 is 2.07 bits per heavy atom. The summed E-state index contributed by atoms with van der Waals surface area (Å²) in [5.41, 5.74) is 1.30. The van der Waals surface area contributed by atoms with Gasteiger partial charge in [-0.25, -0.2) is 9.97 Å². The molecular formula is C9H11N5O. The lowest BCUT2D eigenvalue weighted by molar-refractivity contribution is 0.582. The fourth-order valence-electron chi connectivity index (χ4n) is 1.79. The van der Waals surface area contributed by atoms with Crippen LogP contribution >= 0.6 is 0 Å². The van der Waals surface area contributed by atoms with Crippen LogP contribution in [-0.4, -0.2) is 41.1 Å². The second-order valence-corrected chi connectivity index (χ2v) is 3.44. The summed E-state index contributed by atoms with van der Waals surface area (Å²) < 4.78 is 5.14. The van der Waals surface area contributed by atoms with E-state index in [2.05, 4.69) is 25.2 Å². The van der Waals surface area contributed by atoms with E-state index in [-0.39, 0.29) is 0 Å². The largest absolute Gasteiger partial charge is 0.425 e. The summed E-state index contributed by atoms with van der Waals surface area (Å²) in [5.74, 6) is 0.871. The van der Waals surface area contributed by atoms with Crippen molar-refractivity contribution in [1.82, 2.24) is 20.3 Å². The Morgan fingerprint density at radius 1 is 1.20 bits per heavy atom. The highest BCUT2D eigenvalue weighted by Crippen LogP contribution is 2.20. The molecule has 6 heteroatoms. The fraction of sp³-hybridized carbons (Fsp3) is 0.444. The number of nitrogens with zero attached hydrogens (tertiary/aromatic N) is 4. The summed E-state index contributed by atoms with van der Waals surface area (Å²) in [7, 11) is 0. The summed E-state index contributed by atoms with van der Waals surface area (Å²) in [6.07, 6.45) is 2.93. The van der Waals surface area contributed by atoms with E-state index in [1.165, 1.54) is 12.7 Å². The molecule has 0 saturated carbocycles. The van der Waals surface area contributed by atoms with Crippen LogP contribution in [0.3, 0.4) is 0 Å². The predicted molar refractivity (Wildman–Crippen MR) is 54.7 cm³/mol. The summed E-state index contributed by atoms with van der Waals surface area (Å²) >= 11 is 0. The third kappa shape index (κ3) is 1.42. The van der Waals surface area contributed by atoms with Crippen molar-refractivity contribution in [1.29, 1.82) is 0 Å². The van der Waals surface area contributed by atoms with E-state index < -0.39 is 0 Å². The molecule has 3 heterocycles. The molecule has 0 aromatic carbocycles. The number of rotatable bonds is 1. The van der Waals surface area contributed by atoms with Gasteiger partial charge in [0.25, 0.3) is 5.71 Å². The monoisotopic (exact) mass is 205 g/mol. The molecule has 0 aliphatic carbocycles. The van der Waals surface area contributed by atoms with Crippen molar-refractivity contribution in [2.45, 2.75) is 0 Å². The SMILES string of the molecule is c1nc(N2CCNCC2)c2ncoc2n1. The molecule has 0 bridgehead atoms. The molecule has 15 heavy (non-hydrogen) atoms.